The number of amides is 1. The SMILES string of the molecule is CCNC(=NCC(=O)N(CC)Cc1ccccc1)NC1CCN(CC(F)(F)F)C1.I. The zero-order chi connectivity index (χ0) is 21.3. The third kappa shape index (κ3) is 9.50. The summed E-state index contributed by atoms with van der Waals surface area (Å²) in [6.07, 6.45) is -3.59. The Balaban J connectivity index is 0.00000450. The van der Waals surface area contributed by atoms with Crippen LogP contribution in [0.2, 0.25) is 0 Å². The summed E-state index contributed by atoms with van der Waals surface area (Å²) in [6, 6.07) is 9.61. The first-order valence-corrected chi connectivity index (χ1v) is 9.96. The summed E-state index contributed by atoms with van der Waals surface area (Å²) in [5.74, 6) is 0.356. The molecule has 170 valence electrons. The number of likely N-dealkylation sites (tertiary alicyclic amines) is 1. The molecule has 1 atom stereocenters. The molecule has 0 bridgehead atoms. The van der Waals surface area contributed by atoms with Gasteiger partial charge in [-0.2, -0.15) is 13.2 Å². The van der Waals surface area contributed by atoms with E-state index in [-0.39, 0.29) is 42.5 Å². The summed E-state index contributed by atoms with van der Waals surface area (Å²) in [5.41, 5.74) is 1.05. The highest BCUT2D eigenvalue weighted by Crippen LogP contribution is 2.19. The van der Waals surface area contributed by atoms with E-state index < -0.39 is 12.7 Å². The quantitative estimate of drug-likeness (QED) is 0.302. The molecule has 1 fully saturated rings. The van der Waals surface area contributed by atoms with Gasteiger partial charge in [-0.15, -0.1) is 24.0 Å². The highest BCUT2D eigenvalue weighted by Gasteiger charge is 2.34. The van der Waals surface area contributed by atoms with Crippen molar-refractivity contribution in [3.63, 3.8) is 0 Å². The zero-order valence-corrected chi connectivity index (χ0v) is 19.7. The van der Waals surface area contributed by atoms with Crippen LogP contribution in [0.5, 0.6) is 0 Å². The van der Waals surface area contributed by atoms with Crippen LogP contribution in [0.25, 0.3) is 0 Å². The molecule has 1 aromatic carbocycles. The van der Waals surface area contributed by atoms with Gasteiger partial charge in [0.25, 0.3) is 0 Å². The second kappa shape index (κ2) is 13.0. The minimum Gasteiger partial charge on any atom is -0.357 e. The van der Waals surface area contributed by atoms with Gasteiger partial charge < -0.3 is 15.5 Å². The summed E-state index contributed by atoms with van der Waals surface area (Å²) in [6.45, 7) is 5.27. The van der Waals surface area contributed by atoms with Gasteiger partial charge in [0.15, 0.2) is 5.96 Å². The van der Waals surface area contributed by atoms with Gasteiger partial charge in [0.2, 0.25) is 5.91 Å². The molecule has 1 unspecified atom stereocenters. The van der Waals surface area contributed by atoms with Crippen molar-refractivity contribution in [1.29, 1.82) is 0 Å². The van der Waals surface area contributed by atoms with E-state index in [9.17, 15) is 18.0 Å². The molecule has 1 aliphatic rings. The second-order valence-electron chi connectivity index (χ2n) is 7.07. The minimum absolute atomic E-state index is 0. The van der Waals surface area contributed by atoms with Crippen molar-refractivity contribution in [2.24, 2.45) is 4.99 Å². The van der Waals surface area contributed by atoms with E-state index >= 15 is 0 Å². The molecule has 1 amide bonds. The number of carbonyl (C=O) groups excluding carboxylic acids is 1. The first-order valence-electron chi connectivity index (χ1n) is 9.96. The maximum atomic E-state index is 12.6. The Hall–Kier alpha value is -1.56. The van der Waals surface area contributed by atoms with Gasteiger partial charge in [0.05, 0.1) is 6.54 Å². The van der Waals surface area contributed by atoms with Gasteiger partial charge in [-0.25, -0.2) is 4.99 Å². The molecule has 30 heavy (non-hydrogen) atoms. The molecular weight excluding hydrogens is 510 g/mol. The van der Waals surface area contributed by atoms with Crippen LogP contribution in [-0.4, -0.2) is 73.2 Å². The van der Waals surface area contributed by atoms with Gasteiger partial charge in [-0.05, 0) is 25.8 Å². The largest absolute Gasteiger partial charge is 0.401 e. The predicted octanol–water partition coefficient (Wildman–Crippen LogP) is 2.84. The van der Waals surface area contributed by atoms with Crippen LogP contribution >= 0.6 is 24.0 Å². The van der Waals surface area contributed by atoms with E-state index in [2.05, 4.69) is 15.6 Å². The topological polar surface area (TPSA) is 60.0 Å². The Morgan fingerprint density at radius 2 is 1.97 bits per heavy atom. The van der Waals surface area contributed by atoms with Gasteiger partial charge in [-0.1, -0.05) is 30.3 Å². The lowest BCUT2D eigenvalue weighted by Gasteiger charge is -2.21. The van der Waals surface area contributed by atoms with Crippen LogP contribution in [0.15, 0.2) is 35.3 Å². The van der Waals surface area contributed by atoms with E-state index in [1.54, 1.807) is 4.90 Å². The summed E-state index contributed by atoms with van der Waals surface area (Å²) in [5, 5.41) is 6.22. The number of benzene rings is 1. The van der Waals surface area contributed by atoms with Crippen molar-refractivity contribution in [3.05, 3.63) is 35.9 Å². The fourth-order valence-electron chi connectivity index (χ4n) is 3.29. The molecular formula is C20H31F3IN5O. The molecule has 2 rings (SSSR count). The Labute approximate surface area is 193 Å². The van der Waals surface area contributed by atoms with Crippen molar-refractivity contribution >= 4 is 35.8 Å². The number of guanidine groups is 1. The number of hydrogen-bond acceptors (Lipinski definition) is 3. The molecule has 0 spiro atoms. The van der Waals surface area contributed by atoms with Crippen molar-refractivity contribution in [1.82, 2.24) is 20.4 Å². The molecule has 0 aliphatic carbocycles. The van der Waals surface area contributed by atoms with E-state index in [0.29, 0.717) is 45.1 Å². The maximum absolute atomic E-state index is 12.6. The van der Waals surface area contributed by atoms with Crippen molar-refractivity contribution in [2.45, 2.75) is 39.0 Å². The first-order chi connectivity index (χ1) is 13.8. The fourth-order valence-corrected chi connectivity index (χ4v) is 3.29. The number of aliphatic imine (C=N–C) groups is 1. The summed E-state index contributed by atoms with van der Waals surface area (Å²) in [7, 11) is 0. The molecule has 6 nitrogen and oxygen atoms in total. The van der Waals surface area contributed by atoms with Crippen molar-refractivity contribution in [3.8, 4) is 0 Å². The summed E-state index contributed by atoms with van der Waals surface area (Å²) < 4.78 is 37.7. The molecule has 10 heteroatoms. The zero-order valence-electron chi connectivity index (χ0n) is 17.4. The molecule has 0 aromatic heterocycles. The normalized spacial score (nSPS) is 17.4. The number of carbonyl (C=O) groups is 1. The number of nitrogens with one attached hydrogen (secondary N) is 2. The average molecular weight is 541 g/mol. The lowest BCUT2D eigenvalue weighted by Crippen LogP contribution is -2.45. The van der Waals surface area contributed by atoms with E-state index in [4.69, 9.17) is 0 Å². The Bertz CT molecular complexity index is 672. The van der Waals surface area contributed by atoms with Crippen LogP contribution in [0.4, 0.5) is 13.2 Å². The monoisotopic (exact) mass is 541 g/mol. The van der Waals surface area contributed by atoms with Gasteiger partial charge in [0.1, 0.15) is 6.54 Å². The fraction of sp³-hybridized carbons (Fsp3) is 0.600. The number of hydrogen-bond donors (Lipinski definition) is 2. The van der Waals surface area contributed by atoms with Gasteiger partial charge in [-0.3, -0.25) is 9.69 Å². The predicted molar refractivity (Wildman–Crippen MR) is 123 cm³/mol. The average Bonchev–Trinajstić information content (AvgIpc) is 3.09. The lowest BCUT2D eigenvalue weighted by molar-refractivity contribution is -0.143. The van der Waals surface area contributed by atoms with Crippen LogP contribution < -0.4 is 10.6 Å². The number of alkyl halides is 3. The van der Waals surface area contributed by atoms with Crippen LogP contribution in [0.1, 0.15) is 25.8 Å². The van der Waals surface area contributed by atoms with E-state index in [0.717, 1.165) is 5.56 Å². The molecule has 1 aliphatic heterocycles. The Morgan fingerprint density at radius 3 is 2.57 bits per heavy atom. The molecule has 1 heterocycles. The third-order valence-electron chi connectivity index (χ3n) is 4.68. The van der Waals surface area contributed by atoms with E-state index in [1.165, 1.54) is 4.90 Å². The molecule has 0 radical (unpaired) electrons. The molecule has 1 aromatic rings. The smallest absolute Gasteiger partial charge is 0.357 e. The first kappa shape index (κ1) is 26.5. The maximum Gasteiger partial charge on any atom is 0.401 e. The van der Waals surface area contributed by atoms with Crippen molar-refractivity contribution < 1.29 is 18.0 Å². The van der Waals surface area contributed by atoms with Crippen molar-refractivity contribution in [2.75, 3.05) is 39.3 Å². The number of nitrogens with zero attached hydrogens (tertiary/aromatic N) is 3. The Kier molecular flexibility index (Phi) is 11.5. The van der Waals surface area contributed by atoms with Crippen LogP contribution in [0, 0.1) is 0 Å². The summed E-state index contributed by atoms with van der Waals surface area (Å²) >= 11 is 0. The third-order valence-corrected chi connectivity index (χ3v) is 4.68. The van der Waals surface area contributed by atoms with E-state index in [1.807, 2.05) is 44.2 Å². The standard InChI is InChI=1S/C20H30F3N5O.HI/c1-3-24-19(26-17-10-11-27(14-17)15-20(21,22)23)25-12-18(29)28(4-2)13-16-8-6-5-7-9-16;/h5-9,17H,3-4,10-15H2,1-2H3,(H2,24,25,26);1H. The number of rotatable bonds is 8. The summed E-state index contributed by atoms with van der Waals surface area (Å²) in [4.78, 5) is 20.0. The minimum atomic E-state index is -4.19. The highest BCUT2D eigenvalue weighted by molar-refractivity contribution is 14.0. The Morgan fingerprint density at radius 1 is 1.27 bits per heavy atom. The number of halogens is 4. The highest BCUT2D eigenvalue weighted by atomic mass is 127. The van der Waals surface area contributed by atoms with Crippen LogP contribution in [-0.2, 0) is 11.3 Å². The van der Waals surface area contributed by atoms with Gasteiger partial charge in [0, 0.05) is 38.8 Å². The molecule has 2 N–H and O–H groups in total. The second-order valence-corrected chi connectivity index (χ2v) is 7.07. The van der Waals surface area contributed by atoms with Crippen LogP contribution in [0.3, 0.4) is 0 Å². The lowest BCUT2D eigenvalue weighted by atomic mass is 10.2. The number of likely N-dealkylation sites (N-methyl/N-ethyl adjacent to an activating group) is 1. The molecule has 0 saturated carbocycles. The van der Waals surface area contributed by atoms with Gasteiger partial charge >= 0.3 is 6.18 Å². The molecule has 1 saturated heterocycles.